The van der Waals surface area contributed by atoms with Gasteiger partial charge in [0.2, 0.25) is 0 Å². The molecule has 0 unspecified atom stereocenters. The SMILES string of the molecule is OCOc1c[nH]c2ccccc12. The van der Waals surface area contributed by atoms with E-state index in [4.69, 9.17) is 9.84 Å². The van der Waals surface area contributed by atoms with Crippen LogP contribution in [0.25, 0.3) is 10.9 Å². The number of H-pyrrole nitrogens is 1. The standard InChI is InChI=1S/C9H9NO2/c11-6-12-9-5-10-8-4-2-1-3-7(8)9/h1-5,10-11H,6H2. The van der Waals surface area contributed by atoms with Crippen LogP contribution in [0, 0.1) is 0 Å². The summed E-state index contributed by atoms with van der Waals surface area (Å²) < 4.78 is 4.98. The van der Waals surface area contributed by atoms with Gasteiger partial charge in [-0.25, -0.2) is 0 Å². The average molecular weight is 163 g/mol. The second-order valence-corrected chi connectivity index (χ2v) is 2.47. The molecule has 2 aromatic rings. The Balaban J connectivity index is 2.55. The van der Waals surface area contributed by atoms with Gasteiger partial charge < -0.3 is 14.8 Å². The predicted octanol–water partition coefficient (Wildman–Crippen LogP) is 1.50. The molecule has 2 N–H and O–H groups in total. The van der Waals surface area contributed by atoms with Crippen molar-refractivity contribution in [2.24, 2.45) is 0 Å². The molecule has 0 amide bonds. The van der Waals surface area contributed by atoms with Gasteiger partial charge >= 0.3 is 0 Å². The van der Waals surface area contributed by atoms with Crippen molar-refractivity contribution in [1.82, 2.24) is 4.98 Å². The maximum Gasteiger partial charge on any atom is 0.186 e. The van der Waals surface area contributed by atoms with Gasteiger partial charge in [0, 0.05) is 17.1 Å². The molecule has 1 heterocycles. The van der Waals surface area contributed by atoms with Crippen molar-refractivity contribution in [2.75, 3.05) is 6.79 Å². The molecule has 0 aliphatic heterocycles. The molecule has 1 aromatic heterocycles. The van der Waals surface area contributed by atoms with Crippen molar-refractivity contribution in [3.63, 3.8) is 0 Å². The van der Waals surface area contributed by atoms with Crippen LogP contribution in [-0.2, 0) is 0 Å². The number of ether oxygens (including phenoxy) is 1. The molecule has 0 spiro atoms. The highest BCUT2D eigenvalue weighted by molar-refractivity contribution is 5.85. The molecule has 0 radical (unpaired) electrons. The number of fused-ring (bicyclic) bond motifs is 1. The second kappa shape index (κ2) is 2.87. The third-order valence-electron chi connectivity index (χ3n) is 1.77. The molecule has 1 aromatic carbocycles. The first kappa shape index (κ1) is 7.18. The number of aliphatic hydroxyl groups excluding tert-OH is 1. The first-order valence-corrected chi connectivity index (χ1v) is 3.71. The third kappa shape index (κ3) is 1.04. The van der Waals surface area contributed by atoms with Crippen molar-refractivity contribution >= 4 is 10.9 Å². The van der Waals surface area contributed by atoms with E-state index in [1.165, 1.54) is 0 Å². The van der Waals surface area contributed by atoms with Gasteiger partial charge in [-0.2, -0.15) is 0 Å². The Morgan fingerprint density at radius 1 is 1.33 bits per heavy atom. The largest absolute Gasteiger partial charge is 0.466 e. The van der Waals surface area contributed by atoms with E-state index in [1.807, 2.05) is 24.3 Å². The van der Waals surface area contributed by atoms with E-state index in [2.05, 4.69) is 4.98 Å². The fourth-order valence-corrected chi connectivity index (χ4v) is 1.23. The number of para-hydroxylation sites is 1. The quantitative estimate of drug-likeness (QED) is 0.659. The number of aliphatic hydroxyl groups is 1. The Hall–Kier alpha value is -1.48. The number of rotatable bonds is 2. The third-order valence-corrected chi connectivity index (χ3v) is 1.77. The minimum absolute atomic E-state index is 0.290. The van der Waals surface area contributed by atoms with Crippen molar-refractivity contribution in [2.45, 2.75) is 0 Å². The van der Waals surface area contributed by atoms with Gasteiger partial charge in [-0.05, 0) is 12.1 Å². The van der Waals surface area contributed by atoms with Crippen LogP contribution < -0.4 is 4.74 Å². The van der Waals surface area contributed by atoms with E-state index in [1.54, 1.807) is 6.20 Å². The summed E-state index contributed by atoms with van der Waals surface area (Å²) in [4.78, 5) is 3.04. The lowest BCUT2D eigenvalue weighted by Gasteiger charge is -1.97. The molecule has 12 heavy (non-hydrogen) atoms. The molecule has 0 fully saturated rings. The molecule has 0 saturated carbocycles. The molecule has 3 heteroatoms. The monoisotopic (exact) mass is 163 g/mol. The topological polar surface area (TPSA) is 45.2 Å². The summed E-state index contributed by atoms with van der Waals surface area (Å²) in [5, 5.41) is 9.55. The van der Waals surface area contributed by atoms with Crippen LogP contribution >= 0.6 is 0 Å². The maximum atomic E-state index is 8.56. The Kier molecular flexibility index (Phi) is 1.72. The van der Waals surface area contributed by atoms with Crippen LogP contribution in [0.15, 0.2) is 30.5 Å². The molecule has 3 nitrogen and oxygen atoms in total. The minimum Gasteiger partial charge on any atom is -0.466 e. The lowest BCUT2D eigenvalue weighted by atomic mass is 10.2. The maximum absolute atomic E-state index is 8.56. The number of hydrogen-bond acceptors (Lipinski definition) is 2. The number of nitrogens with one attached hydrogen (secondary N) is 1. The number of aromatic amines is 1. The highest BCUT2D eigenvalue weighted by atomic mass is 16.6. The molecule has 0 aliphatic carbocycles. The second-order valence-electron chi connectivity index (χ2n) is 2.47. The van der Waals surface area contributed by atoms with Crippen LogP contribution in [0.4, 0.5) is 0 Å². The summed E-state index contributed by atoms with van der Waals surface area (Å²) in [6.07, 6.45) is 1.74. The van der Waals surface area contributed by atoms with E-state index in [0.29, 0.717) is 5.75 Å². The zero-order chi connectivity index (χ0) is 8.39. The van der Waals surface area contributed by atoms with E-state index in [0.717, 1.165) is 10.9 Å². The summed E-state index contributed by atoms with van der Waals surface area (Å²) in [7, 11) is 0. The van der Waals surface area contributed by atoms with Crippen LogP contribution in [-0.4, -0.2) is 16.9 Å². The summed E-state index contributed by atoms with van der Waals surface area (Å²) in [5.41, 5.74) is 1.01. The Morgan fingerprint density at radius 3 is 3.00 bits per heavy atom. The Bertz CT molecular complexity index is 381. The van der Waals surface area contributed by atoms with Crippen LogP contribution in [0.2, 0.25) is 0 Å². The van der Waals surface area contributed by atoms with E-state index < -0.39 is 0 Å². The highest BCUT2D eigenvalue weighted by Crippen LogP contribution is 2.24. The predicted molar refractivity (Wildman–Crippen MR) is 46.0 cm³/mol. The van der Waals surface area contributed by atoms with Crippen LogP contribution in [0.5, 0.6) is 5.75 Å². The summed E-state index contributed by atoms with van der Waals surface area (Å²) in [6, 6.07) is 7.78. The zero-order valence-electron chi connectivity index (χ0n) is 6.45. The molecular formula is C9H9NO2. The van der Waals surface area contributed by atoms with Gasteiger partial charge in [0.25, 0.3) is 0 Å². The highest BCUT2D eigenvalue weighted by Gasteiger charge is 2.01. The fraction of sp³-hybridized carbons (Fsp3) is 0.111. The van der Waals surface area contributed by atoms with E-state index in [9.17, 15) is 0 Å². The molecule has 0 atom stereocenters. The lowest BCUT2D eigenvalue weighted by molar-refractivity contribution is 0.1000. The van der Waals surface area contributed by atoms with E-state index in [-0.39, 0.29) is 6.79 Å². The van der Waals surface area contributed by atoms with Crippen LogP contribution in [0.1, 0.15) is 0 Å². The van der Waals surface area contributed by atoms with Crippen molar-refractivity contribution in [1.29, 1.82) is 0 Å². The lowest BCUT2D eigenvalue weighted by Crippen LogP contribution is -1.92. The Morgan fingerprint density at radius 2 is 2.17 bits per heavy atom. The van der Waals surface area contributed by atoms with Gasteiger partial charge in [0.15, 0.2) is 6.79 Å². The molecule has 62 valence electrons. The molecule has 0 saturated heterocycles. The fourth-order valence-electron chi connectivity index (χ4n) is 1.23. The first-order valence-electron chi connectivity index (χ1n) is 3.71. The molecule has 2 rings (SSSR count). The number of aromatic nitrogens is 1. The van der Waals surface area contributed by atoms with Gasteiger partial charge in [-0.15, -0.1) is 0 Å². The van der Waals surface area contributed by atoms with Crippen LogP contribution in [0.3, 0.4) is 0 Å². The summed E-state index contributed by atoms with van der Waals surface area (Å²) >= 11 is 0. The van der Waals surface area contributed by atoms with Gasteiger partial charge in [0.1, 0.15) is 5.75 Å². The molecule has 0 bridgehead atoms. The van der Waals surface area contributed by atoms with Gasteiger partial charge in [0.05, 0.1) is 0 Å². The zero-order valence-corrected chi connectivity index (χ0v) is 6.45. The average Bonchev–Trinajstić information content (AvgIpc) is 2.50. The van der Waals surface area contributed by atoms with Crippen molar-refractivity contribution in [3.8, 4) is 5.75 Å². The van der Waals surface area contributed by atoms with Crippen molar-refractivity contribution in [3.05, 3.63) is 30.5 Å². The number of benzene rings is 1. The van der Waals surface area contributed by atoms with Gasteiger partial charge in [-0.3, -0.25) is 0 Å². The first-order chi connectivity index (χ1) is 5.92. The summed E-state index contributed by atoms with van der Waals surface area (Å²) in [6.45, 7) is -0.290. The Labute approximate surface area is 69.6 Å². The normalized spacial score (nSPS) is 10.4. The van der Waals surface area contributed by atoms with Gasteiger partial charge in [-0.1, -0.05) is 12.1 Å². The summed E-state index contributed by atoms with van der Waals surface area (Å²) in [5.74, 6) is 0.688. The number of hydrogen-bond donors (Lipinski definition) is 2. The van der Waals surface area contributed by atoms with E-state index >= 15 is 0 Å². The molecule has 0 aliphatic rings. The minimum atomic E-state index is -0.290. The smallest absolute Gasteiger partial charge is 0.186 e. The van der Waals surface area contributed by atoms with Crippen molar-refractivity contribution < 1.29 is 9.84 Å². The molecular weight excluding hydrogens is 154 g/mol.